The molecule has 0 saturated carbocycles. The number of hydrogen-bond acceptors (Lipinski definition) is 2. The van der Waals surface area contributed by atoms with Crippen LogP contribution in [0.25, 0.3) is 0 Å². The van der Waals surface area contributed by atoms with Crippen LogP contribution in [0.4, 0.5) is 0 Å². The third kappa shape index (κ3) is 2.07. The van der Waals surface area contributed by atoms with Gasteiger partial charge in [0, 0.05) is 11.9 Å². The molecule has 0 aromatic carbocycles. The van der Waals surface area contributed by atoms with Gasteiger partial charge in [0.05, 0.1) is 12.0 Å². The van der Waals surface area contributed by atoms with Crippen molar-refractivity contribution in [1.82, 2.24) is 9.55 Å². The molecule has 0 aliphatic rings. The highest BCUT2D eigenvalue weighted by Gasteiger charge is 2.05. The number of nitrogens with zero attached hydrogens (tertiary/aromatic N) is 2. The Bertz CT molecular complexity index is 406. The molecule has 2 aromatic rings. The molecule has 2 rings (SSSR count). The first-order valence-corrected chi connectivity index (χ1v) is 6.12. The lowest BCUT2D eigenvalue weighted by Crippen LogP contribution is -1.91. The predicted molar refractivity (Wildman–Crippen MR) is 62.6 cm³/mol. The van der Waals surface area contributed by atoms with Gasteiger partial charge in [-0.25, -0.2) is 4.98 Å². The van der Waals surface area contributed by atoms with Crippen LogP contribution in [0.15, 0.2) is 28.4 Å². The molecule has 0 unspecified atom stereocenters. The number of thiophene rings is 1. The second-order valence-corrected chi connectivity index (χ2v) is 4.96. The third-order valence-electron chi connectivity index (χ3n) is 2.12. The standard InChI is InChI=1S/C10H11BrN2S/c1-13-7-12-9(10(13)11)5-4-8-3-2-6-14-8/h2-3,6-7H,4-5H2,1H3. The van der Waals surface area contributed by atoms with E-state index in [9.17, 15) is 0 Å². The number of aryl methyl sites for hydroxylation is 3. The highest BCUT2D eigenvalue weighted by Crippen LogP contribution is 2.17. The lowest BCUT2D eigenvalue weighted by molar-refractivity contribution is 0.879. The molecule has 2 nitrogen and oxygen atoms in total. The summed E-state index contributed by atoms with van der Waals surface area (Å²) >= 11 is 5.32. The van der Waals surface area contributed by atoms with Crippen LogP contribution >= 0.6 is 27.3 Å². The highest BCUT2D eigenvalue weighted by molar-refractivity contribution is 9.10. The second-order valence-electron chi connectivity index (χ2n) is 3.17. The van der Waals surface area contributed by atoms with Crippen LogP contribution in [-0.2, 0) is 19.9 Å². The zero-order valence-electron chi connectivity index (χ0n) is 7.90. The van der Waals surface area contributed by atoms with Crippen molar-refractivity contribution in [3.8, 4) is 0 Å². The Morgan fingerprint density at radius 1 is 1.50 bits per heavy atom. The summed E-state index contributed by atoms with van der Waals surface area (Å²) in [5.41, 5.74) is 1.14. The van der Waals surface area contributed by atoms with E-state index in [1.54, 1.807) is 11.3 Å². The van der Waals surface area contributed by atoms with Crippen LogP contribution in [0.2, 0.25) is 0 Å². The Balaban J connectivity index is 2.02. The minimum absolute atomic E-state index is 1.00. The SMILES string of the molecule is Cn1cnc(CCc2cccs2)c1Br. The van der Waals surface area contributed by atoms with Crippen molar-refractivity contribution in [2.75, 3.05) is 0 Å². The molecular formula is C10H11BrN2S. The molecule has 4 heteroatoms. The molecule has 2 aromatic heterocycles. The van der Waals surface area contributed by atoms with Gasteiger partial charge in [-0.1, -0.05) is 6.07 Å². The molecule has 0 aliphatic carbocycles. The van der Waals surface area contributed by atoms with Crippen molar-refractivity contribution in [3.63, 3.8) is 0 Å². The summed E-state index contributed by atoms with van der Waals surface area (Å²) in [7, 11) is 1.99. The summed E-state index contributed by atoms with van der Waals surface area (Å²) in [6.45, 7) is 0. The summed E-state index contributed by atoms with van der Waals surface area (Å²) in [6, 6.07) is 4.26. The zero-order valence-corrected chi connectivity index (χ0v) is 10.3. The molecule has 0 spiro atoms. The first-order valence-electron chi connectivity index (χ1n) is 4.45. The molecule has 0 atom stereocenters. The first kappa shape index (κ1) is 9.93. The minimum Gasteiger partial charge on any atom is -0.328 e. The first-order chi connectivity index (χ1) is 6.77. The van der Waals surface area contributed by atoms with Gasteiger partial charge in [-0.15, -0.1) is 11.3 Å². The largest absolute Gasteiger partial charge is 0.328 e. The van der Waals surface area contributed by atoms with Crippen molar-refractivity contribution in [1.29, 1.82) is 0 Å². The average Bonchev–Trinajstić information content (AvgIpc) is 2.77. The van der Waals surface area contributed by atoms with E-state index in [4.69, 9.17) is 0 Å². The van der Waals surface area contributed by atoms with Crippen molar-refractivity contribution in [2.45, 2.75) is 12.8 Å². The van der Waals surface area contributed by atoms with Crippen LogP contribution < -0.4 is 0 Å². The molecule has 0 amide bonds. The summed E-state index contributed by atoms with van der Waals surface area (Å²) in [5.74, 6) is 0. The summed E-state index contributed by atoms with van der Waals surface area (Å²) in [4.78, 5) is 5.75. The van der Waals surface area contributed by atoms with Gasteiger partial charge in [0.25, 0.3) is 0 Å². The molecule has 0 N–H and O–H groups in total. The van der Waals surface area contributed by atoms with E-state index >= 15 is 0 Å². The molecule has 14 heavy (non-hydrogen) atoms. The highest BCUT2D eigenvalue weighted by atomic mass is 79.9. The molecule has 2 heterocycles. The van der Waals surface area contributed by atoms with E-state index in [1.807, 2.05) is 17.9 Å². The van der Waals surface area contributed by atoms with E-state index in [1.165, 1.54) is 4.88 Å². The van der Waals surface area contributed by atoms with Gasteiger partial charge in [-0.2, -0.15) is 0 Å². The van der Waals surface area contributed by atoms with Crippen molar-refractivity contribution >= 4 is 27.3 Å². The van der Waals surface area contributed by atoms with Crippen molar-refractivity contribution in [2.24, 2.45) is 7.05 Å². The van der Waals surface area contributed by atoms with Gasteiger partial charge >= 0.3 is 0 Å². The molecule has 0 aliphatic heterocycles. The predicted octanol–water partition coefficient (Wildman–Crippen LogP) is 3.03. The van der Waals surface area contributed by atoms with Crippen molar-refractivity contribution in [3.05, 3.63) is 39.0 Å². The van der Waals surface area contributed by atoms with Crippen LogP contribution in [0.3, 0.4) is 0 Å². The molecule has 0 bridgehead atoms. The average molecular weight is 271 g/mol. The van der Waals surface area contributed by atoms with Gasteiger partial charge in [0.15, 0.2) is 0 Å². The number of aromatic nitrogens is 2. The van der Waals surface area contributed by atoms with Gasteiger partial charge in [0.2, 0.25) is 0 Å². The van der Waals surface area contributed by atoms with Crippen LogP contribution in [0, 0.1) is 0 Å². The van der Waals surface area contributed by atoms with Crippen LogP contribution in [0.5, 0.6) is 0 Å². The smallest absolute Gasteiger partial charge is 0.107 e. The Morgan fingerprint density at radius 3 is 2.93 bits per heavy atom. The summed E-state index contributed by atoms with van der Waals surface area (Å²) in [5, 5.41) is 2.11. The Morgan fingerprint density at radius 2 is 2.36 bits per heavy atom. The van der Waals surface area contributed by atoms with Crippen LogP contribution in [-0.4, -0.2) is 9.55 Å². The molecular weight excluding hydrogens is 260 g/mol. The van der Waals surface area contributed by atoms with Crippen molar-refractivity contribution < 1.29 is 0 Å². The fourth-order valence-corrected chi connectivity index (χ4v) is 2.43. The number of hydrogen-bond donors (Lipinski definition) is 0. The number of halogens is 1. The maximum Gasteiger partial charge on any atom is 0.107 e. The van der Waals surface area contributed by atoms with E-state index in [2.05, 4.69) is 38.4 Å². The maximum atomic E-state index is 4.34. The van der Waals surface area contributed by atoms with Gasteiger partial charge in [-0.05, 0) is 40.2 Å². The lowest BCUT2D eigenvalue weighted by atomic mass is 10.2. The van der Waals surface area contributed by atoms with Gasteiger partial charge in [0.1, 0.15) is 4.60 Å². The molecule has 74 valence electrons. The van der Waals surface area contributed by atoms with Crippen LogP contribution in [0.1, 0.15) is 10.6 Å². The number of imidazole rings is 1. The Labute approximate surface area is 95.7 Å². The van der Waals surface area contributed by atoms with E-state index in [-0.39, 0.29) is 0 Å². The molecule has 0 saturated heterocycles. The zero-order chi connectivity index (χ0) is 9.97. The molecule has 0 fully saturated rings. The Kier molecular flexibility index (Phi) is 3.03. The monoisotopic (exact) mass is 270 g/mol. The van der Waals surface area contributed by atoms with Gasteiger partial charge < -0.3 is 4.57 Å². The van der Waals surface area contributed by atoms with E-state index < -0.39 is 0 Å². The Hall–Kier alpha value is -0.610. The molecule has 0 radical (unpaired) electrons. The third-order valence-corrected chi connectivity index (χ3v) is 4.08. The minimum atomic E-state index is 1.00. The van der Waals surface area contributed by atoms with E-state index in [0.29, 0.717) is 0 Å². The number of rotatable bonds is 3. The van der Waals surface area contributed by atoms with E-state index in [0.717, 1.165) is 23.1 Å². The maximum absolute atomic E-state index is 4.34. The lowest BCUT2D eigenvalue weighted by Gasteiger charge is -1.97. The quantitative estimate of drug-likeness (QED) is 0.839. The normalized spacial score (nSPS) is 10.7. The summed E-state index contributed by atoms with van der Waals surface area (Å²) < 4.78 is 3.08. The second kappa shape index (κ2) is 4.28. The fraction of sp³-hybridized carbons (Fsp3) is 0.300. The van der Waals surface area contributed by atoms with Gasteiger partial charge in [-0.3, -0.25) is 0 Å². The topological polar surface area (TPSA) is 17.8 Å². The summed E-state index contributed by atoms with van der Waals surface area (Å²) in [6.07, 6.45) is 3.92. The fourth-order valence-electron chi connectivity index (χ4n) is 1.33.